The fourth-order valence-corrected chi connectivity index (χ4v) is 0.349. The number of nitrogens with two attached hydrogens (primary N) is 1. The molecule has 3 N–H and O–H groups in total. The van der Waals surface area contributed by atoms with Crippen LogP contribution >= 0.6 is 0 Å². The van der Waals surface area contributed by atoms with Crippen molar-refractivity contribution in [3.63, 3.8) is 0 Å². The first kappa shape index (κ1) is 7.88. The number of aliphatic hydroxyl groups excluding tert-OH is 1. The van der Waals surface area contributed by atoms with Gasteiger partial charge in [0.15, 0.2) is 6.29 Å². The molecule has 2 unspecified atom stereocenters. The molecule has 0 spiro atoms. The summed E-state index contributed by atoms with van der Waals surface area (Å²) in [5, 5.41) is 8.55. The minimum atomic E-state index is -0.745. The molecule has 0 aliphatic heterocycles. The standard InChI is InChI=1S/C5H13NO2/c1-3-5(6)8-4(2)7/h4-5,7H,3,6H2,1-2H3. The molecule has 0 heterocycles. The van der Waals surface area contributed by atoms with E-state index in [1.54, 1.807) is 0 Å². The van der Waals surface area contributed by atoms with Gasteiger partial charge in [-0.25, -0.2) is 0 Å². The van der Waals surface area contributed by atoms with Gasteiger partial charge in [-0.1, -0.05) is 6.92 Å². The fraction of sp³-hybridized carbons (Fsp3) is 1.00. The van der Waals surface area contributed by atoms with Crippen LogP contribution in [-0.2, 0) is 4.74 Å². The van der Waals surface area contributed by atoms with Gasteiger partial charge >= 0.3 is 0 Å². The molecule has 0 amide bonds. The maximum atomic E-state index is 8.55. The number of hydrogen-bond donors (Lipinski definition) is 2. The molecule has 0 bridgehead atoms. The van der Waals surface area contributed by atoms with E-state index in [0.29, 0.717) is 0 Å². The van der Waals surface area contributed by atoms with Crippen LogP contribution in [0.25, 0.3) is 0 Å². The summed E-state index contributed by atoms with van der Waals surface area (Å²) in [5.41, 5.74) is 5.29. The van der Waals surface area contributed by atoms with Crippen molar-refractivity contribution in [1.29, 1.82) is 0 Å². The third-order valence-corrected chi connectivity index (χ3v) is 0.774. The van der Waals surface area contributed by atoms with Crippen molar-refractivity contribution < 1.29 is 9.84 Å². The number of aliphatic hydroxyl groups is 1. The van der Waals surface area contributed by atoms with Crippen molar-refractivity contribution in [2.75, 3.05) is 0 Å². The Morgan fingerprint density at radius 2 is 2.25 bits per heavy atom. The zero-order chi connectivity index (χ0) is 6.57. The Balaban J connectivity index is 3.10. The maximum Gasteiger partial charge on any atom is 0.153 e. The molecular weight excluding hydrogens is 106 g/mol. The van der Waals surface area contributed by atoms with Crippen LogP contribution in [0.3, 0.4) is 0 Å². The summed E-state index contributed by atoms with van der Waals surface area (Å²) in [7, 11) is 0. The van der Waals surface area contributed by atoms with E-state index in [1.165, 1.54) is 6.92 Å². The molecule has 8 heavy (non-hydrogen) atoms. The monoisotopic (exact) mass is 119 g/mol. The average Bonchev–Trinajstić information content (AvgIpc) is 1.65. The molecule has 0 aliphatic rings. The number of rotatable bonds is 3. The predicted molar refractivity (Wildman–Crippen MR) is 31.0 cm³/mol. The van der Waals surface area contributed by atoms with E-state index in [4.69, 9.17) is 15.6 Å². The SMILES string of the molecule is CCC(N)OC(C)O. The van der Waals surface area contributed by atoms with E-state index < -0.39 is 6.29 Å². The van der Waals surface area contributed by atoms with Gasteiger partial charge in [0.1, 0.15) is 6.23 Å². The topological polar surface area (TPSA) is 55.5 Å². The molecule has 0 saturated carbocycles. The van der Waals surface area contributed by atoms with Gasteiger partial charge in [-0.3, -0.25) is 0 Å². The second-order valence-corrected chi connectivity index (χ2v) is 1.68. The van der Waals surface area contributed by atoms with Crippen molar-refractivity contribution in [3.05, 3.63) is 0 Å². The summed E-state index contributed by atoms with van der Waals surface area (Å²) in [6.45, 7) is 3.43. The molecule has 0 aromatic heterocycles. The second kappa shape index (κ2) is 3.83. The lowest BCUT2D eigenvalue weighted by Crippen LogP contribution is -2.26. The Labute approximate surface area is 49.4 Å². The van der Waals surface area contributed by atoms with E-state index in [-0.39, 0.29) is 6.23 Å². The van der Waals surface area contributed by atoms with Crippen LogP contribution in [-0.4, -0.2) is 17.6 Å². The van der Waals surface area contributed by atoms with Crippen LogP contribution in [0, 0.1) is 0 Å². The highest BCUT2D eigenvalue weighted by atomic mass is 16.6. The minimum Gasteiger partial charge on any atom is -0.368 e. The Morgan fingerprint density at radius 3 is 2.38 bits per heavy atom. The molecule has 0 aliphatic carbocycles. The van der Waals surface area contributed by atoms with E-state index in [2.05, 4.69) is 0 Å². The molecule has 3 heteroatoms. The van der Waals surface area contributed by atoms with Crippen LogP contribution < -0.4 is 5.73 Å². The predicted octanol–water partition coefficient (Wildman–Crippen LogP) is 0.0361. The van der Waals surface area contributed by atoms with Gasteiger partial charge in [-0.15, -0.1) is 0 Å². The van der Waals surface area contributed by atoms with E-state index in [1.807, 2.05) is 6.92 Å². The quantitative estimate of drug-likeness (QED) is 0.515. The van der Waals surface area contributed by atoms with Gasteiger partial charge in [0.2, 0.25) is 0 Å². The third-order valence-electron chi connectivity index (χ3n) is 0.774. The van der Waals surface area contributed by atoms with E-state index in [9.17, 15) is 0 Å². The lowest BCUT2D eigenvalue weighted by molar-refractivity contribution is -0.122. The summed E-state index contributed by atoms with van der Waals surface area (Å²) in [6.07, 6.45) is -0.342. The first-order chi connectivity index (χ1) is 3.66. The largest absolute Gasteiger partial charge is 0.368 e. The fourth-order valence-electron chi connectivity index (χ4n) is 0.349. The molecule has 0 radical (unpaired) electrons. The maximum absolute atomic E-state index is 8.55. The molecule has 0 saturated heterocycles. The van der Waals surface area contributed by atoms with Crippen molar-refractivity contribution in [2.24, 2.45) is 5.73 Å². The number of hydrogen-bond acceptors (Lipinski definition) is 3. The van der Waals surface area contributed by atoms with Crippen molar-refractivity contribution in [1.82, 2.24) is 0 Å². The summed E-state index contributed by atoms with van der Waals surface area (Å²) in [4.78, 5) is 0. The zero-order valence-electron chi connectivity index (χ0n) is 5.29. The number of ether oxygens (including phenoxy) is 1. The summed E-state index contributed by atoms with van der Waals surface area (Å²) in [6, 6.07) is 0. The van der Waals surface area contributed by atoms with E-state index in [0.717, 1.165) is 6.42 Å². The van der Waals surface area contributed by atoms with Gasteiger partial charge in [0, 0.05) is 0 Å². The van der Waals surface area contributed by atoms with Crippen LogP contribution in [0.4, 0.5) is 0 Å². The second-order valence-electron chi connectivity index (χ2n) is 1.68. The Bertz CT molecular complexity index is 56.4. The summed E-state index contributed by atoms with van der Waals surface area (Å²) < 4.78 is 4.73. The van der Waals surface area contributed by atoms with Crippen LogP contribution in [0.1, 0.15) is 20.3 Å². The van der Waals surface area contributed by atoms with E-state index >= 15 is 0 Å². The Hall–Kier alpha value is -0.120. The van der Waals surface area contributed by atoms with Gasteiger partial charge in [0.25, 0.3) is 0 Å². The Kier molecular flexibility index (Phi) is 3.77. The zero-order valence-corrected chi connectivity index (χ0v) is 5.29. The first-order valence-corrected chi connectivity index (χ1v) is 2.76. The molecule has 0 rings (SSSR count). The lowest BCUT2D eigenvalue weighted by atomic mass is 10.4. The highest BCUT2D eigenvalue weighted by Gasteiger charge is 2.00. The first-order valence-electron chi connectivity index (χ1n) is 2.76. The minimum absolute atomic E-state index is 0.324. The molecule has 0 aromatic rings. The smallest absolute Gasteiger partial charge is 0.153 e. The molecule has 2 atom stereocenters. The Morgan fingerprint density at radius 1 is 1.75 bits per heavy atom. The van der Waals surface area contributed by atoms with Crippen molar-refractivity contribution >= 4 is 0 Å². The highest BCUT2D eigenvalue weighted by Crippen LogP contribution is 1.91. The molecule has 0 aromatic carbocycles. The van der Waals surface area contributed by atoms with Crippen molar-refractivity contribution in [2.45, 2.75) is 32.8 Å². The van der Waals surface area contributed by atoms with Crippen molar-refractivity contribution in [3.8, 4) is 0 Å². The van der Waals surface area contributed by atoms with Crippen LogP contribution in [0.5, 0.6) is 0 Å². The van der Waals surface area contributed by atoms with Gasteiger partial charge in [0.05, 0.1) is 0 Å². The molecule has 3 nitrogen and oxygen atoms in total. The highest BCUT2D eigenvalue weighted by molar-refractivity contribution is 4.40. The molecular formula is C5H13NO2. The lowest BCUT2D eigenvalue weighted by Gasteiger charge is -2.11. The summed E-state index contributed by atoms with van der Waals surface area (Å²) in [5.74, 6) is 0. The van der Waals surface area contributed by atoms with Crippen LogP contribution in [0.2, 0.25) is 0 Å². The van der Waals surface area contributed by atoms with Gasteiger partial charge in [-0.2, -0.15) is 0 Å². The molecule has 50 valence electrons. The van der Waals surface area contributed by atoms with Crippen LogP contribution in [0.15, 0.2) is 0 Å². The molecule has 0 fully saturated rings. The van der Waals surface area contributed by atoms with Gasteiger partial charge in [-0.05, 0) is 13.3 Å². The van der Waals surface area contributed by atoms with Gasteiger partial charge < -0.3 is 15.6 Å². The normalized spacial score (nSPS) is 18.0. The third kappa shape index (κ3) is 4.05. The average molecular weight is 119 g/mol. The summed E-state index contributed by atoms with van der Waals surface area (Å²) >= 11 is 0.